The molecule has 7 nitrogen and oxygen atoms in total. The lowest BCUT2D eigenvalue weighted by molar-refractivity contribution is -0.383. The number of benzene rings is 1. The number of nitrogens with one attached hydrogen (secondary N) is 1. The van der Waals surface area contributed by atoms with Gasteiger partial charge in [-0.25, -0.2) is 0 Å². The van der Waals surface area contributed by atoms with E-state index in [9.17, 15) is 15.2 Å². The summed E-state index contributed by atoms with van der Waals surface area (Å²) < 4.78 is 0. The van der Waals surface area contributed by atoms with Crippen molar-refractivity contribution in [3.63, 3.8) is 0 Å². The van der Waals surface area contributed by atoms with E-state index < -0.39 is 17.1 Å². The molecule has 0 heterocycles. The van der Waals surface area contributed by atoms with Gasteiger partial charge in [0.2, 0.25) is 0 Å². The predicted octanol–water partition coefficient (Wildman–Crippen LogP) is 0.297. The molecule has 0 aromatic heterocycles. The first-order chi connectivity index (χ1) is 7.91. The Balaban J connectivity index is 2.68. The maximum absolute atomic E-state index is 10.5. The van der Waals surface area contributed by atoms with Gasteiger partial charge in [-0.3, -0.25) is 10.1 Å². The number of aliphatic hydroxyl groups excluding tert-OH is 1. The van der Waals surface area contributed by atoms with Gasteiger partial charge in [0.05, 0.1) is 11.0 Å². The highest BCUT2D eigenvalue weighted by Gasteiger charge is 2.12. The first-order valence-electron chi connectivity index (χ1n) is 5.13. The van der Waals surface area contributed by atoms with Crippen LogP contribution >= 0.6 is 0 Å². The van der Waals surface area contributed by atoms with Crippen molar-refractivity contribution >= 4 is 17.1 Å². The minimum absolute atomic E-state index is 0.0885. The number of nitrogen functional groups attached to an aromatic ring is 1. The van der Waals surface area contributed by atoms with Gasteiger partial charge in [-0.2, -0.15) is 0 Å². The highest BCUT2D eigenvalue weighted by Crippen LogP contribution is 2.24. The molecule has 0 amide bonds. The monoisotopic (exact) mass is 240 g/mol. The molecule has 2 unspecified atom stereocenters. The van der Waals surface area contributed by atoms with Gasteiger partial charge < -0.3 is 21.9 Å². The summed E-state index contributed by atoms with van der Waals surface area (Å²) in [6.07, 6.45) is -0.627. The summed E-state index contributed by atoms with van der Waals surface area (Å²) in [4.78, 5) is 10.00. The maximum atomic E-state index is 10.5. The fraction of sp³-hybridized carbons (Fsp3) is 0.400. The summed E-state index contributed by atoms with van der Waals surface area (Å²) in [6.45, 7) is 1.95. The van der Waals surface area contributed by atoms with Gasteiger partial charge in [0, 0.05) is 24.3 Å². The van der Waals surface area contributed by atoms with Gasteiger partial charge in [-0.15, -0.1) is 0 Å². The molecule has 0 saturated carbocycles. The number of nitro benzene ring substituents is 1. The summed E-state index contributed by atoms with van der Waals surface area (Å²) >= 11 is 0. The van der Waals surface area contributed by atoms with Crippen molar-refractivity contribution in [2.24, 2.45) is 5.73 Å². The third-order valence-electron chi connectivity index (χ3n) is 2.39. The third-order valence-corrected chi connectivity index (χ3v) is 2.39. The van der Waals surface area contributed by atoms with Gasteiger partial charge in [0.25, 0.3) is 5.69 Å². The van der Waals surface area contributed by atoms with Crippen LogP contribution in [0.3, 0.4) is 0 Å². The minimum Gasteiger partial charge on any atom is -0.393 e. The van der Waals surface area contributed by atoms with Crippen molar-refractivity contribution in [3.05, 3.63) is 28.3 Å². The van der Waals surface area contributed by atoms with Crippen molar-refractivity contribution < 1.29 is 10.0 Å². The van der Waals surface area contributed by atoms with Crippen LogP contribution in [0.1, 0.15) is 6.92 Å². The van der Waals surface area contributed by atoms with Crippen LogP contribution in [0.4, 0.5) is 17.1 Å². The molecule has 7 heteroatoms. The number of rotatable bonds is 5. The molecule has 0 aliphatic rings. The largest absolute Gasteiger partial charge is 0.393 e. The molecule has 0 bridgehead atoms. The fourth-order valence-electron chi connectivity index (χ4n) is 1.24. The van der Waals surface area contributed by atoms with Crippen LogP contribution in [0.2, 0.25) is 0 Å². The van der Waals surface area contributed by atoms with Gasteiger partial charge in [-0.05, 0) is 19.1 Å². The standard InChI is InChI=1S/C10H16N4O3/c1-6(15)9(12)5-13-7-2-3-10(14(16)17)8(11)4-7/h2-4,6,9,13,15H,5,11-12H2,1H3. The Morgan fingerprint density at radius 3 is 2.71 bits per heavy atom. The van der Waals surface area contributed by atoms with Gasteiger partial charge in [0.15, 0.2) is 0 Å². The average Bonchev–Trinajstić information content (AvgIpc) is 2.25. The van der Waals surface area contributed by atoms with Crippen molar-refractivity contribution in [3.8, 4) is 0 Å². The average molecular weight is 240 g/mol. The van der Waals surface area contributed by atoms with E-state index in [4.69, 9.17) is 11.5 Å². The Hall–Kier alpha value is -1.86. The minimum atomic E-state index is -0.627. The van der Waals surface area contributed by atoms with Crippen LogP contribution < -0.4 is 16.8 Å². The van der Waals surface area contributed by atoms with Crippen LogP contribution in [0.25, 0.3) is 0 Å². The highest BCUT2D eigenvalue weighted by molar-refractivity contribution is 5.65. The molecule has 0 fully saturated rings. The topological polar surface area (TPSA) is 127 Å². The van der Waals surface area contributed by atoms with Crippen molar-refractivity contribution in [1.29, 1.82) is 0 Å². The van der Waals surface area contributed by atoms with E-state index in [2.05, 4.69) is 5.32 Å². The number of hydrogen-bond donors (Lipinski definition) is 4. The summed E-state index contributed by atoms with van der Waals surface area (Å²) in [7, 11) is 0. The summed E-state index contributed by atoms with van der Waals surface area (Å²) in [5.41, 5.74) is 11.7. The molecule has 94 valence electrons. The number of aliphatic hydroxyl groups is 1. The van der Waals surface area contributed by atoms with Crippen molar-refractivity contribution in [2.75, 3.05) is 17.6 Å². The molecule has 2 atom stereocenters. The van der Waals surface area contributed by atoms with Gasteiger partial charge >= 0.3 is 0 Å². The second-order valence-corrected chi connectivity index (χ2v) is 3.82. The van der Waals surface area contributed by atoms with E-state index in [1.165, 1.54) is 12.1 Å². The lowest BCUT2D eigenvalue weighted by Crippen LogP contribution is -2.38. The van der Waals surface area contributed by atoms with E-state index in [-0.39, 0.29) is 11.4 Å². The normalized spacial score (nSPS) is 14.1. The fourth-order valence-corrected chi connectivity index (χ4v) is 1.24. The molecular formula is C10H16N4O3. The van der Waals surface area contributed by atoms with Crippen molar-refractivity contribution in [1.82, 2.24) is 0 Å². The Bertz CT molecular complexity index is 409. The van der Waals surface area contributed by atoms with Crippen LogP contribution in [0.5, 0.6) is 0 Å². The van der Waals surface area contributed by atoms with Crippen molar-refractivity contribution in [2.45, 2.75) is 19.1 Å². The zero-order valence-corrected chi connectivity index (χ0v) is 9.46. The second kappa shape index (κ2) is 5.46. The Morgan fingerprint density at radius 1 is 1.59 bits per heavy atom. The molecule has 0 spiro atoms. The molecule has 1 rings (SSSR count). The van der Waals surface area contributed by atoms with Crippen LogP contribution in [0, 0.1) is 10.1 Å². The molecule has 0 aliphatic carbocycles. The van der Waals surface area contributed by atoms with Gasteiger partial charge in [-0.1, -0.05) is 0 Å². The molecular weight excluding hydrogens is 224 g/mol. The SMILES string of the molecule is CC(O)C(N)CNc1ccc([N+](=O)[O-])c(N)c1. The number of anilines is 2. The van der Waals surface area contributed by atoms with Crippen LogP contribution in [0.15, 0.2) is 18.2 Å². The second-order valence-electron chi connectivity index (χ2n) is 3.82. The smallest absolute Gasteiger partial charge is 0.292 e. The Labute approximate surface area is 98.6 Å². The molecule has 1 aromatic rings. The summed E-state index contributed by atoms with van der Waals surface area (Å²) in [5.74, 6) is 0. The Kier molecular flexibility index (Phi) is 4.24. The highest BCUT2D eigenvalue weighted by atomic mass is 16.6. The predicted molar refractivity (Wildman–Crippen MR) is 65.7 cm³/mol. The maximum Gasteiger partial charge on any atom is 0.292 e. The van der Waals surface area contributed by atoms with E-state index >= 15 is 0 Å². The van der Waals surface area contributed by atoms with E-state index in [1.54, 1.807) is 13.0 Å². The lowest BCUT2D eigenvalue weighted by atomic mass is 10.2. The first kappa shape index (κ1) is 13.2. The van der Waals surface area contributed by atoms with E-state index in [1.807, 2.05) is 0 Å². The quantitative estimate of drug-likeness (QED) is 0.333. The molecule has 0 radical (unpaired) electrons. The summed E-state index contributed by atoms with van der Waals surface area (Å²) in [6, 6.07) is 3.92. The number of nitrogens with two attached hydrogens (primary N) is 2. The summed E-state index contributed by atoms with van der Waals surface area (Å²) in [5, 5.41) is 22.7. The third kappa shape index (κ3) is 3.58. The van der Waals surface area contributed by atoms with Gasteiger partial charge in [0.1, 0.15) is 5.69 Å². The zero-order chi connectivity index (χ0) is 13.0. The van der Waals surface area contributed by atoms with E-state index in [0.29, 0.717) is 12.2 Å². The number of hydrogen-bond acceptors (Lipinski definition) is 6. The zero-order valence-electron chi connectivity index (χ0n) is 9.46. The lowest BCUT2D eigenvalue weighted by Gasteiger charge is -2.16. The first-order valence-corrected chi connectivity index (χ1v) is 5.13. The van der Waals surface area contributed by atoms with Crippen LogP contribution in [-0.4, -0.2) is 28.7 Å². The number of nitro groups is 1. The molecule has 17 heavy (non-hydrogen) atoms. The van der Waals surface area contributed by atoms with E-state index in [0.717, 1.165) is 0 Å². The number of nitrogens with zero attached hydrogens (tertiary/aromatic N) is 1. The van der Waals surface area contributed by atoms with Crippen LogP contribution in [-0.2, 0) is 0 Å². The Morgan fingerprint density at radius 2 is 2.24 bits per heavy atom. The molecule has 6 N–H and O–H groups in total. The molecule has 1 aromatic carbocycles. The molecule has 0 aliphatic heterocycles. The molecule has 0 saturated heterocycles.